The van der Waals surface area contributed by atoms with Crippen LogP contribution in [0.3, 0.4) is 0 Å². The summed E-state index contributed by atoms with van der Waals surface area (Å²) in [7, 11) is 0. The number of hydrogen-bond donors (Lipinski definition) is 1. The summed E-state index contributed by atoms with van der Waals surface area (Å²) in [4.78, 5) is 0. The first-order valence-electron chi connectivity index (χ1n) is 6.72. The molecular formula is C13H25NO2. The summed E-state index contributed by atoms with van der Waals surface area (Å²) in [6, 6.07) is 0. The van der Waals surface area contributed by atoms with Crippen molar-refractivity contribution in [2.45, 2.75) is 57.8 Å². The van der Waals surface area contributed by atoms with Gasteiger partial charge in [-0.15, -0.1) is 0 Å². The van der Waals surface area contributed by atoms with Gasteiger partial charge in [0.15, 0.2) is 0 Å². The van der Waals surface area contributed by atoms with Crippen molar-refractivity contribution < 1.29 is 9.47 Å². The van der Waals surface area contributed by atoms with Crippen LogP contribution in [0, 0.1) is 5.92 Å². The zero-order valence-electron chi connectivity index (χ0n) is 10.6. The van der Waals surface area contributed by atoms with Crippen LogP contribution in [0.1, 0.15) is 39.5 Å². The maximum Gasteiger partial charge on any atom is 0.0625 e. The number of nitrogens with one attached hydrogen (secondary N) is 1. The number of ether oxygens (including phenoxy) is 2. The Kier molecular flexibility index (Phi) is 4.62. The molecule has 16 heavy (non-hydrogen) atoms. The maximum atomic E-state index is 5.88. The van der Waals surface area contributed by atoms with Gasteiger partial charge in [-0.1, -0.05) is 0 Å². The van der Waals surface area contributed by atoms with Gasteiger partial charge in [0.05, 0.1) is 24.9 Å². The topological polar surface area (TPSA) is 30.5 Å². The van der Waals surface area contributed by atoms with Gasteiger partial charge < -0.3 is 14.8 Å². The van der Waals surface area contributed by atoms with Crippen molar-refractivity contribution in [2.24, 2.45) is 5.92 Å². The van der Waals surface area contributed by atoms with Crippen LogP contribution >= 0.6 is 0 Å². The Morgan fingerprint density at radius 2 is 1.88 bits per heavy atom. The molecule has 1 heterocycles. The zero-order valence-corrected chi connectivity index (χ0v) is 10.6. The largest absolute Gasteiger partial charge is 0.377 e. The second-order valence-electron chi connectivity index (χ2n) is 5.37. The molecule has 1 aliphatic heterocycles. The van der Waals surface area contributed by atoms with Gasteiger partial charge in [-0.3, -0.25) is 0 Å². The fraction of sp³-hybridized carbons (Fsp3) is 1.00. The molecule has 0 radical (unpaired) electrons. The van der Waals surface area contributed by atoms with E-state index in [2.05, 4.69) is 19.2 Å². The van der Waals surface area contributed by atoms with Crippen LogP contribution in [0.5, 0.6) is 0 Å². The molecule has 2 aliphatic rings. The fourth-order valence-corrected chi connectivity index (χ4v) is 2.41. The normalized spacial score (nSPS) is 35.2. The van der Waals surface area contributed by atoms with Gasteiger partial charge in [0.2, 0.25) is 0 Å². The molecule has 1 saturated carbocycles. The molecule has 0 aromatic rings. The molecule has 0 amide bonds. The van der Waals surface area contributed by atoms with E-state index in [1.807, 2.05) is 0 Å². The van der Waals surface area contributed by atoms with Crippen LogP contribution in [-0.2, 0) is 9.47 Å². The fourth-order valence-electron chi connectivity index (χ4n) is 2.41. The van der Waals surface area contributed by atoms with Crippen molar-refractivity contribution >= 4 is 0 Å². The van der Waals surface area contributed by atoms with E-state index in [0.29, 0.717) is 18.3 Å². The van der Waals surface area contributed by atoms with Gasteiger partial charge in [0, 0.05) is 6.54 Å². The van der Waals surface area contributed by atoms with Gasteiger partial charge in [0.1, 0.15) is 0 Å². The quantitative estimate of drug-likeness (QED) is 0.704. The van der Waals surface area contributed by atoms with Crippen LogP contribution in [0.4, 0.5) is 0 Å². The lowest BCUT2D eigenvalue weighted by atomic mass is 10.0. The molecule has 1 saturated heterocycles. The molecule has 0 bridgehead atoms. The maximum absolute atomic E-state index is 5.88. The SMILES string of the molecule is CC1CC(OCCNCC2CC2)CC(C)O1. The minimum Gasteiger partial charge on any atom is -0.377 e. The Bertz CT molecular complexity index is 196. The summed E-state index contributed by atoms with van der Waals surface area (Å²) >= 11 is 0. The monoisotopic (exact) mass is 227 g/mol. The summed E-state index contributed by atoms with van der Waals surface area (Å²) in [6.07, 6.45) is 6.05. The second kappa shape index (κ2) is 5.99. The molecule has 2 unspecified atom stereocenters. The highest BCUT2D eigenvalue weighted by atomic mass is 16.5. The van der Waals surface area contributed by atoms with Gasteiger partial charge in [-0.25, -0.2) is 0 Å². The van der Waals surface area contributed by atoms with E-state index in [0.717, 1.165) is 31.9 Å². The van der Waals surface area contributed by atoms with Crippen LogP contribution in [0.25, 0.3) is 0 Å². The lowest BCUT2D eigenvalue weighted by Crippen LogP contribution is -2.35. The number of rotatable bonds is 6. The molecule has 94 valence electrons. The predicted octanol–water partition coefficient (Wildman–Crippen LogP) is 1.96. The van der Waals surface area contributed by atoms with Crippen molar-refractivity contribution in [3.63, 3.8) is 0 Å². The summed E-state index contributed by atoms with van der Waals surface area (Å²) in [5.74, 6) is 0.961. The average molecular weight is 227 g/mol. The van der Waals surface area contributed by atoms with Gasteiger partial charge >= 0.3 is 0 Å². The van der Waals surface area contributed by atoms with Gasteiger partial charge in [0.25, 0.3) is 0 Å². The molecule has 0 aromatic carbocycles. The average Bonchev–Trinajstić information content (AvgIpc) is 2.99. The van der Waals surface area contributed by atoms with Crippen LogP contribution in [0.15, 0.2) is 0 Å². The van der Waals surface area contributed by atoms with Crippen molar-refractivity contribution in [1.29, 1.82) is 0 Å². The van der Waals surface area contributed by atoms with E-state index in [9.17, 15) is 0 Å². The lowest BCUT2D eigenvalue weighted by Gasteiger charge is -2.32. The van der Waals surface area contributed by atoms with Gasteiger partial charge in [-0.05, 0) is 52.0 Å². The number of hydrogen-bond acceptors (Lipinski definition) is 3. The van der Waals surface area contributed by atoms with E-state index >= 15 is 0 Å². The minimum absolute atomic E-state index is 0.355. The highest BCUT2D eigenvalue weighted by molar-refractivity contribution is 4.76. The van der Waals surface area contributed by atoms with Crippen LogP contribution < -0.4 is 5.32 Å². The standard InChI is InChI=1S/C13H25NO2/c1-10-7-13(8-11(2)16-10)15-6-5-14-9-12-3-4-12/h10-14H,3-9H2,1-2H3. The minimum atomic E-state index is 0.355. The van der Waals surface area contributed by atoms with Crippen molar-refractivity contribution in [2.75, 3.05) is 19.7 Å². The molecular weight excluding hydrogens is 202 g/mol. The lowest BCUT2D eigenvalue weighted by molar-refractivity contribution is -0.101. The van der Waals surface area contributed by atoms with E-state index in [1.165, 1.54) is 19.4 Å². The third kappa shape index (κ3) is 4.40. The van der Waals surface area contributed by atoms with Crippen molar-refractivity contribution in [3.05, 3.63) is 0 Å². The van der Waals surface area contributed by atoms with E-state index < -0.39 is 0 Å². The molecule has 1 N–H and O–H groups in total. The first kappa shape index (κ1) is 12.3. The zero-order chi connectivity index (χ0) is 11.4. The molecule has 2 rings (SSSR count). The highest BCUT2D eigenvalue weighted by Gasteiger charge is 2.24. The summed E-state index contributed by atoms with van der Waals surface area (Å²) in [5.41, 5.74) is 0. The summed E-state index contributed by atoms with van der Waals surface area (Å²) in [5, 5.41) is 3.45. The molecule has 0 spiro atoms. The highest BCUT2D eigenvalue weighted by Crippen LogP contribution is 2.27. The van der Waals surface area contributed by atoms with E-state index in [1.54, 1.807) is 0 Å². The summed E-state index contributed by atoms with van der Waals surface area (Å²) < 4.78 is 11.6. The Morgan fingerprint density at radius 3 is 2.50 bits per heavy atom. The second-order valence-corrected chi connectivity index (χ2v) is 5.37. The Labute approximate surface area is 98.9 Å². The van der Waals surface area contributed by atoms with E-state index in [4.69, 9.17) is 9.47 Å². The first-order chi connectivity index (χ1) is 7.74. The summed E-state index contributed by atoms with van der Waals surface area (Å²) in [6.45, 7) is 7.30. The first-order valence-corrected chi connectivity index (χ1v) is 6.72. The molecule has 3 heteroatoms. The van der Waals surface area contributed by atoms with Crippen molar-refractivity contribution in [1.82, 2.24) is 5.32 Å². The third-order valence-corrected chi connectivity index (χ3v) is 3.42. The predicted molar refractivity (Wildman–Crippen MR) is 64.6 cm³/mol. The Morgan fingerprint density at radius 1 is 1.19 bits per heavy atom. The van der Waals surface area contributed by atoms with E-state index in [-0.39, 0.29) is 0 Å². The van der Waals surface area contributed by atoms with Crippen LogP contribution in [0.2, 0.25) is 0 Å². The Balaban J connectivity index is 1.50. The smallest absolute Gasteiger partial charge is 0.0625 e. The molecule has 0 aromatic heterocycles. The van der Waals surface area contributed by atoms with Crippen LogP contribution in [-0.4, -0.2) is 38.0 Å². The Hall–Kier alpha value is -0.120. The molecule has 1 aliphatic carbocycles. The van der Waals surface area contributed by atoms with Gasteiger partial charge in [-0.2, -0.15) is 0 Å². The molecule has 3 nitrogen and oxygen atoms in total. The molecule has 2 fully saturated rings. The molecule has 2 atom stereocenters. The van der Waals surface area contributed by atoms with Crippen molar-refractivity contribution in [3.8, 4) is 0 Å². The third-order valence-electron chi connectivity index (χ3n) is 3.42.